The molecule has 0 fully saturated rings. The lowest BCUT2D eigenvalue weighted by molar-refractivity contribution is -0.116. The zero-order valence-electron chi connectivity index (χ0n) is 8.18. The number of rotatable bonds is 3. The molecule has 0 aromatic heterocycles. The molecule has 14 heavy (non-hydrogen) atoms. The van der Waals surface area contributed by atoms with Crippen LogP contribution in [0.15, 0.2) is 18.2 Å². The molecule has 0 radical (unpaired) electrons. The number of alkyl halides is 2. The predicted molar refractivity (Wildman–Crippen MR) is 63.1 cm³/mol. The van der Waals surface area contributed by atoms with Crippen LogP contribution >= 0.6 is 27.5 Å². The fraction of sp³-hybridized carbons (Fsp3) is 0.364. The van der Waals surface area contributed by atoms with Gasteiger partial charge in [0.25, 0.3) is 0 Å². The summed E-state index contributed by atoms with van der Waals surface area (Å²) >= 11 is 9.21. The highest BCUT2D eigenvalue weighted by Crippen LogP contribution is 2.30. The third kappa shape index (κ3) is 2.37. The van der Waals surface area contributed by atoms with E-state index in [1.165, 1.54) is 0 Å². The van der Waals surface area contributed by atoms with Crippen LogP contribution in [-0.2, 0) is 10.7 Å². The highest BCUT2D eigenvalue weighted by atomic mass is 79.9. The smallest absolute Gasteiger partial charge is 0.147 e. The molecule has 0 heterocycles. The van der Waals surface area contributed by atoms with Crippen molar-refractivity contribution < 1.29 is 4.79 Å². The molecule has 0 N–H and O–H groups in total. The van der Waals surface area contributed by atoms with Gasteiger partial charge in [-0.15, -0.1) is 11.6 Å². The second kappa shape index (κ2) is 4.94. The van der Waals surface area contributed by atoms with Crippen LogP contribution in [0.3, 0.4) is 0 Å². The molecule has 1 atom stereocenters. The minimum Gasteiger partial charge on any atom is -0.298 e. The van der Waals surface area contributed by atoms with Crippen LogP contribution < -0.4 is 0 Å². The lowest BCUT2D eigenvalue weighted by atomic mass is 9.98. The van der Waals surface area contributed by atoms with Crippen LogP contribution in [0.2, 0.25) is 0 Å². The van der Waals surface area contributed by atoms with Crippen molar-refractivity contribution in [3.8, 4) is 0 Å². The molecule has 0 saturated heterocycles. The summed E-state index contributed by atoms with van der Waals surface area (Å²) in [6, 6.07) is 5.89. The van der Waals surface area contributed by atoms with E-state index in [2.05, 4.69) is 15.9 Å². The van der Waals surface area contributed by atoms with Gasteiger partial charge in [-0.2, -0.15) is 0 Å². The van der Waals surface area contributed by atoms with Gasteiger partial charge in [0.1, 0.15) is 5.78 Å². The zero-order valence-corrected chi connectivity index (χ0v) is 10.5. The van der Waals surface area contributed by atoms with E-state index in [-0.39, 0.29) is 10.6 Å². The van der Waals surface area contributed by atoms with Crippen molar-refractivity contribution in [1.82, 2.24) is 0 Å². The highest BCUT2D eigenvalue weighted by Gasteiger charge is 2.17. The van der Waals surface area contributed by atoms with E-state index >= 15 is 0 Å². The topological polar surface area (TPSA) is 17.1 Å². The van der Waals surface area contributed by atoms with Crippen LogP contribution in [0.4, 0.5) is 0 Å². The second-order valence-electron chi connectivity index (χ2n) is 3.25. The van der Waals surface area contributed by atoms with E-state index in [1.54, 1.807) is 6.92 Å². The van der Waals surface area contributed by atoms with Crippen LogP contribution in [0.1, 0.15) is 28.4 Å². The van der Waals surface area contributed by atoms with Crippen molar-refractivity contribution >= 4 is 33.3 Å². The molecule has 1 aromatic rings. The van der Waals surface area contributed by atoms with Crippen LogP contribution in [0.25, 0.3) is 0 Å². The highest BCUT2D eigenvalue weighted by molar-refractivity contribution is 9.09. The fourth-order valence-electron chi connectivity index (χ4n) is 1.42. The van der Waals surface area contributed by atoms with Gasteiger partial charge in [-0.1, -0.05) is 34.1 Å². The number of aryl methyl sites for hydroxylation is 1. The van der Waals surface area contributed by atoms with Gasteiger partial charge in [0.2, 0.25) is 0 Å². The van der Waals surface area contributed by atoms with E-state index in [0.29, 0.717) is 5.88 Å². The van der Waals surface area contributed by atoms with Gasteiger partial charge in [-0.3, -0.25) is 4.79 Å². The first kappa shape index (κ1) is 11.7. The van der Waals surface area contributed by atoms with Gasteiger partial charge < -0.3 is 0 Å². The average Bonchev–Trinajstić information content (AvgIpc) is 2.16. The first-order valence-electron chi connectivity index (χ1n) is 4.36. The quantitative estimate of drug-likeness (QED) is 0.768. The van der Waals surface area contributed by atoms with E-state index in [4.69, 9.17) is 11.6 Å². The molecule has 0 bridgehead atoms. The number of hydrogen-bond donors (Lipinski definition) is 0. The number of halogens is 2. The van der Waals surface area contributed by atoms with Gasteiger partial charge >= 0.3 is 0 Å². The lowest BCUT2D eigenvalue weighted by Crippen LogP contribution is -2.06. The van der Waals surface area contributed by atoms with Crippen molar-refractivity contribution in [1.29, 1.82) is 0 Å². The van der Waals surface area contributed by atoms with E-state index in [9.17, 15) is 4.79 Å². The summed E-state index contributed by atoms with van der Waals surface area (Å²) < 4.78 is 0. The number of Topliss-reactive ketones (excluding diaryl/α,β-unsaturated/α-hetero) is 1. The summed E-state index contributed by atoms with van der Waals surface area (Å²) in [4.78, 5) is 11.0. The lowest BCUT2D eigenvalue weighted by Gasteiger charge is -2.14. The number of benzene rings is 1. The molecule has 0 spiro atoms. The predicted octanol–water partition coefficient (Wildman–Crippen LogP) is 3.76. The van der Waals surface area contributed by atoms with E-state index < -0.39 is 0 Å². The molecule has 1 rings (SSSR count). The van der Waals surface area contributed by atoms with Crippen molar-refractivity contribution in [3.05, 3.63) is 34.9 Å². The van der Waals surface area contributed by atoms with Gasteiger partial charge in [0.15, 0.2) is 0 Å². The summed E-state index contributed by atoms with van der Waals surface area (Å²) in [6.07, 6.45) is 0. The normalized spacial score (nSPS) is 12.6. The Morgan fingerprint density at radius 1 is 1.57 bits per heavy atom. The van der Waals surface area contributed by atoms with Crippen molar-refractivity contribution in [2.45, 2.75) is 24.6 Å². The second-order valence-corrected chi connectivity index (χ2v) is 4.44. The first-order valence-corrected chi connectivity index (χ1v) is 5.81. The number of hydrogen-bond acceptors (Lipinski definition) is 1. The standard InChI is InChI=1S/C11H12BrClO/c1-7-4-3-5-9(6-13)10(7)11(12)8(2)14/h3-5,11H,6H2,1-2H3. The third-order valence-electron chi connectivity index (χ3n) is 2.17. The maximum atomic E-state index is 11.3. The Morgan fingerprint density at radius 3 is 2.71 bits per heavy atom. The Balaban J connectivity index is 3.23. The fourth-order valence-corrected chi connectivity index (χ4v) is 2.31. The molecular weight excluding hydrogens is 263 g/mol. The van der Waals surface area contributed by atoms with E-state index in [0.717, 1.165) is 16.7 Å². The van der Waals surface area contributed by atoms with Crippen molar-refractivity contribution in [2.75, 3.05) is 0 Å². The summed E-state index contributed by atoms with van der Waals surface area (Å²) in [5.74, 6) is 0.539. The number of ketones is 1. The molecule has 0 aliphatic heterocycles. The molecule has 0 saturated carbocycles. The van der Waals surface area contributed by atoms with Crippen LogP contribution in [0, 0.1) is 6.92 Å². The largest absolute Gasteiger partial charge is 0.298 e. The Labute approximate surface area is 97.6 Å². The van der Waals surface area contributed by atoms with Crippen LogP contribution in [-0.4, -0.2) is 5.78 Å². The molecule has 0 aliphatic carbocycles. The van der Waals surface area contributed by atoms with Crippen molar-refractivity contribution in [2.24, 2.45) is 0 Å². The Bertz CT molecular complexity index is 349. The molecular formula is C11H12BrClO. The summed E-state index contributed by atoms with van der Waals surface area (Å²) in [7, 11) is 0. The Hall–Kier alpha value is -0.340. The molecule has 1 aromatic carbocycles. The minimum atomic E-state index is -0.238. The van der Waals surface area contributed by atoms with E-state index in [1.807, 2.05) is 25.1 Å². The monoisotopic (exact) mass is 274 g/mol. The van der Waals surface area contributed by atoms with Gasteiger partial charge in [-0.25, -0.2) is 0 Å². The summed E-state index contributed by atoms with van der Waals surface area (Å²) in [5, 5.41) is 0. The number of carbonyl (C=O) groups excluding carboxylic acids is 1. The first-order chi connectivity index (χ1) is 6.57. The van der Waals surface area contributed by atoms with Crippen molar-refractivity contribution in [3.63, 3.8) is 0 Å². The molecule has 1 nitrogen and oxygen atoms in total. The zero-order chi connectivity index (χ0) is 10.7. The molecule has 3 heteroatoms. The molecule has 0 amide bonds. The van der Waals surface area contributed by atoms with Gasteiger partial charge in [0.05, 0.1) is 4.83 Å². The van der Waals surface area contributed by atoms with Gasteiger partial charge in [0, 0.05) is 5.88 Å². The maximum absolute atomic E-state index is 11.3. The SMILES string of the molecule is CC(=O)C(Br)c1c(C)cccc1CCl. The average molecular weight is 276 g/mol. The minimum absolute atomic E-state index is 0.102. The number of carbonyl (C=O) groups is 1. The molecule has 0 aliphatic rings. The summed E-state index contributed by atoms with van der Waals surface area (Å²) in [6.45, 7) is 3.56. The Morgan fingerprint density at radius 2 is 2.21 bits per heavy atom. The third-order valence-corrected chi connectivity index (χ3v) is 3.56. The summed E-state index contributed by atoms with van der Waals surface area (Å²) in [5.41, 5.74) is 3.12. The molecule has 1 unspecified atom stereocenters. The Kier molecular flexibility index (Phi) is 4.14. The van der Waals surface area contributed by atoms with Crippen LogP contribution in [0.5, 0.6) is 0 Å². The maximum Gasteiger partial charge on any atom is 0.147 e. The van der Waals surface area contributed by atoms with Gasteiger partial charge in [-0.05, 0) is 30.5 Å². The molecule has 76 valence electrons.